The van der Waals surface area contributed by atoms with E-state index in [1.54, 1.807) is 6.92 Å². The lowest BCUT2D eigenvalue weighted by Crippen LogP contribution is -2.48. The molecule has 31 heavy (non-hydrogen) atoms. The number of aliphatic carboxylic acids is 1. The summed E-state index contributed by atoms with van der Waals surface area (Å²) in [6.45, 7) is 2.16. The Morgan fingerprint density at radius 2 is 1.74 bits per heavy atom. The summed E-state index contributed by atoms with van der Waals surface area (Å²) in [6, 6.07) is 17.5. The number of carbonyl (C=O) groups excluding carboxylic acids is 1. The number of nitrogens with one attached hydrogen (secondary N) is 1. The molecule has 0 radical (unpaired) electrons. The third-order valence-electron chi connectivity index (χ3n) is 5.40. The van der Waals surface area contributed by atoms with Gasteiger partial charge in [0.15, 0.2) is 0 Å². The van der Waals surface area contributed by atoms with Gasteiger partial charge in [0.1, 0.15) is 6.04 Å². The number of carboxylic acids is 1. The Balaban J connectivity index is 1.70. The lowest BCUT2D eigenvalue weighted by Gasteiger charge is -2.28. The molecule has 1 saturated heterocycles. The average Bonchev–Trinajstić information content (AvgIpc) is 3.28. The molecule has 2 aromatic rings. The van der Waals surface area contributed by atoms with E-state index in [2.05, 4.69) is 5.09 Å². The van der Waals surface area contributed by atoms with Gasteiger partial charge in [-0.3, -0.25) is 9.36 Å². The van der Waals surface area contributed by atoms with Crippen molar-refractivity contribution in [3.63, 3.8) is 0 Å². The normalized spacial score (nSPS) is 19.0. The summed E-state index contributed by atoms with van der Waals surface area (Å²) in [6.07, 6.45) is 1.83. The fourth-order valence-corrected chi connectivity index (χ4v) is 5.67. The number of rotatable bonds is 10. The van der Waals surface area contributed by atoms with Crippen LogP contribution in [-0.2, 0) is 31.7 Å². The Bertz CT molecular complexity index is 875. The molecule has 0 aliphatic carbocycles. The van der Waals surface area contributed by atoms with Gasteiger partial charge in [-0.1, -0.05) is 60.7 Å². The van der Waals surface area contributed by atoms with Crippen molar-refractivity contribution in [3.8, 4) is 0 Å². The predicted octanol–water partition coefficient (Wildman–Crippen LogP) is 3.69. The summed E-state index contributed by atoms with van der Waals surface area (Å²) in [5, 5.41) is 12.3. The fraction of sp³-hybridized carbons (Fsp3) is 0.391. The molecule has 1 fully saturated rings. The zero-order valence-corrected chi connectivity index (χ0v) is 18.5. The third kappa shape index (κ3) is 6.50. The largest absolute Gasteiger partial charge is 0.480 e. The van der Waals surface area contributed by atoms with Gasteiger partial charge in [0.2, 0.25) is 5.91 Å². The molecule has 1 heterocycles. The average molecular weight is 444 g/mol. The highest BCUT2D eigenvalue weighted by Gasteiger charge is 2.38. The molecule has 2 aromatic carbocycles. The van der Waals surface area contributed by atoms with Gasteiger partial charge in [-0.05, 0) is 37.3 Å². The first-order valence-corrected chi connectivity index (χ1v) is 12.3. The van der Waals surface area contributed by atoms with E-state index in [9.17, 15) is 19.3 Å². The summed E-state index contributed by atoms with van der Waals surface area (Å²) < 4.78 is 19.5. The summed E-state index contributed by atoms with van der Waals surface area (Å²) in [4.78, 5) is 25.7. The number of amides is 1. The number of benzene rings is 2. The molecule has 1 unspecified atom stereocenters. The molecule has 1 aliphatic heterocycles. The van der Waals surface area contributed by atoms with Crippen molar-refractivity contribution >= 4 is 19.4 Å². The van der Waals surface area contributed by atoms with Crippen LogP contribution in [0.15, 0.2) is 60.7 Å². The maximum atomic E-state index is 13.7. The SMILES string of the molecule is C[C@H](NP(=O)(CCc1ccccc1)OCc1ccccc1)C(=O)N1CCC[C@H]1C(=O)O. The van der Waals surface area contributed by atoms with E-state index in [-0.39, 0.29) is 18.7 Å². The number of carboxylic acid groups (broad SMARTS) is 1. The Kier molecular flexibility index (Phi) is 8.02. The van der Waals surface area contributed by atoms with E-state index >= 15 is 0 Å². The van der Waals surface area contributed by atoms with E-state index in [1.807, 2.05) is 60.7 Å². The second-order valence-electron chi connectivity index (χ2n) is 7.77. The monoisotopic (exact) mass is 444 g/mol. The Hall–Kier alpha value is -2.47. The maximum absolute atomic E-state index is 13.7. The number of hydrogen-bond acceptors (Lipinski definition) is 4. The van der Waals surface area contributed by atoms with Crippen LogP contribution in [0.4, 0.5) is 0 Å². The smallest absolute Gasteiger partial charge is 0.326 e. The molecular weight excluding hydrogens is 415 g/mol. The topological polar surface area (TPSA) is 95.9 Å². The minimum atomic E-state index is -3.39. The molecule has 0 bridgehead atoms. The zero-order valence-electron chi connectivity index (χ0n) is 17.6. The van der Waals surface area contributed by atoms with Gasteiger partial charge in [0, 0.05) is 12.7 Å². The summed E-state index contributed by atoms with van der Waals surface area (Å²) >= 11 is 0. The van der Waals surface area contributed by atoms with Crippen LogP contribution in [0.25, 0.3) is 0 Å². The van der Waals surface area contributed by atoms with Crippen LogP contribution in [0.5, 0.6) is 0 Å². The molecule has 166 valence electrons. The van der Waals surface area contributed by atoms with Gasteiger partial charge in [0.25, 0.3) is 7.52 Å². The molecule has 3 rings (SSSR count). The Morgan fingerprint density at radius 1 is 1.13 bits per heavy atom. The van der Waals surface area contributed by atoms with Gasteiger partial charge in [-0.2, -0.15) is 0 Å². The van der Waals surface area contributed by atoms with Gasteiger partial charge in [-0.15, -0.1) is 0 Å². The highest BCUT2D eigenvalue weighted by Crippen LogP contribution is 2.44. The van der Waals surface area contributed by atoms with E-state index < -0.39 is 25.6 Å². The molecule has 0 spiro atoms. The van der Waals surface area contributed by atoms with E-state index in [1.165, 1.54) is 4.90 Å². The molecule has 8 heteroatoms. The predicted molar refractivity (Wildman–Crippen MR) is 119 cm³/mol. The zero-order chi connectivity index (χ0) is 22.3. The van der Waals surface area contributed by atoms with Crippen molar-refractivity contribution < 1.29 is 23.8 Å². The Morgan fingerprint density at radius 3 is 2.35 bits per heavy atom. The standard InChI is InChI=1S/C23H29N2O5P/c1-18(22(26)25-15-8-13-21(25)23(27)28)24-31(29,16-14-19-9-4-2-5-10-19)30-17-20-11-6-3-7-12-20/h2-7,9-12,18,21H,8,13-17H2,1H3,(H,24,29)(H,27,28)/t18-,21-,31?/m0/s1. The number of carbonyl (C=O) groups is 2. The highest BCUT2D eigenvalue weighted by molar-refractivity contribution is 7.56. The number of nitrogens with zero attached hydrogens (tertiary/aromatic N) is 1. The van der Waals surface area contributed by atoms with Crippen LogP contribution in [-0.4, -0.2) is 46.7 Å². The van der Waals surface area contributed by atoms with Crippen molar-refractivity contribution in [2.45, 2.75) is 44.9 Å². The van der Waals surface area contributed by atoms with Crippen molar-refractivity contribution in [1.29, 1.82) is 0 Å². The summed E-state index contributed by atoms with van der Waals surface area (Å²) in [7, 11) is -3.39. The summed E-state index contributed by atoms with van der Waals surface area (Å²) in [5.41, 5.74) is 1.91. The molecule has 0 saturated carbocycles. The second-order valence-corrected chi connectivity index (χ2v) is 10.1. The van der Waals surface area contributed by atoms with Gasteiger partial charge in [-0.25, -0.2) is 9.88 Å². The van der Waals surface area contributed by atoms with Gasteiger partial charge < -0.3 is 14.5 Å². The molecule has 0 aromatic heterocycles. The first-order chi connectivity index (χ1) is 14.9. The van der Waals surface area contributed by atoms with Crippen LogP contribution in [0.3, 0.4) is 0 Å². The molecule has 3 atom stereocenters. The lowest BCUT2D eigenvalue weighted by molar-refractivity contribution is -0.148. The van der Waals surface area contributed by atoms with Crippen molar-refractivity contribution in [3.05, 3.63) is 71.8 Å². The quantitative estimate of drug-likeness (QED) is 0.543. The molecule has 1 amide bonds. The first kappa shape index (κ1) is 23.2. The number of aryl methyl sites for hydroxylation is 1. The fourth-order valence-electron chi connectivity index (χ4n) is 3.73. The van der Waals surface area contributed by atoms with Crippen molar-refractivity contribution in [1.82, 2.24) is 9.99 Å². The molecular formula is C23H29N2O5P. The van der Waals surface area contributed by atoms with E-state index in [0.29, 0.717) is 25.8 Å². The van der Waals surface area contributed by atoms with Gasteiger partial charge in [0.05, 0.1) is 12.6 Å². The lowest BCUT2D eigenvalue weighted by atomic mass is 10.2. The van der Waals surface area contributed by atoms with Crippen molar-refractivity contribution in [2.24, 2.45) is 0 Å². The van der Waals surface area contributed by atoms with Gasteiger partial charge >= 0.3 is 5.97 Å². The van der Waals surface area contributed by atoms with E-state index in [0.717, 1.165) is 11.1 Å². The third-order valence-corrected chi connectivity index (χ3v) is 7.54. The van der Waals surface area contributed by atoms with Crippen LogP contribution in [0.2, 0.25) is 0 Å². The van der Waals surface area contributed by atoms with Crippen LogP contribution in [0, 0.1) is 0 Å². The second kappa shape index (κ2) is 10.7. The minimum Gasteiger partial charge on any atom is -0.480 e. The number of hydrogen-bond donors (Lipinski definition) is 2. The van der Waals surface area contributed by atoms with Crippen LogP contribution in [0.1, 0.15) is 30.9 Å². The molecule has 2 N–H and O–H groups in total. The number of likely N-dealkylation sites (tertiary alicyclic amines) is 1. The van der Waals surface area contributed by atoms with Crippen LogP contribution < -0.4 is 5.09 Å². The summed E-state index contributed by atoms with van der Waals surface area (Å²) in [5.74, 6) is -1.38. The van der Waals surface area contributed by atoms with E-state index in [4.69, 9.17) is 4.52 Å². The minimum absolute atomic E-state index is 0.155. The van der Waals surface area contributed by atoms with Crippen molar-refractivity contribution in [2.75, 3.05) is 12.7 Å². The Labute approximate surface area is 182 Å². The molecule has 1 aliphatic rings. The van der Waals surface area contributed by atoms with Crippen LogP contribution >= 0.6 is 7.52 Å². The molecule has 7 nitrogen and oxygen atoms in total. The maximum Gasteiger partial charge on any atom is 0.326 e. The highest BCUT2D eigenvalue weighted by atomic mass is 31.2. The first-order valence-electron chi connectivity index (χ1n) is 10.5.